The largest absolute Gasteiger partial charge is 0.379 e. The van der Waals surface area contributed by atoms with E-state index in [0.717, 1.165) is 13.2 Å². The lowest BCUT2D eigenvalue weighted by atomic mass is 10.4. The Morgan fingerprint density at radius 2 is 1.89 bits per heavy atom. The molecule has 0 spiro atoms. The van der Waals surface area contributed by atoms with Gasteiger partial charge >= 0.3 is 0 Å². The quantitative estimate of drug-likeness (QED) is 0.563. The molecule has 0 rings (SSSR count). The number of ether oxygens (including phenoxy) is 2. The first-order valence-corrected chi connectivity index (χ1v) is 3.50. The van der Waals surface area contributed by atoms with Crippen LogP contribution >= 0.6 is 0 Å². The second-order valence-corrected chi connectivity index (χ2v) is 1.93. The average molecular weight is 132 g/mol. The summed E-state index contributed by atoms with van der Waals surface area (Å²) in [4.78, 5) is 0. The third kappa shape index (κ3) is 5.80. The van der Waals surface area contributed by atoms with Crippen LogP contribution in [-0.4, -0.2) is 25.9 Å². The maximum Gasteiger partial charge on any atom is 0.0780 e. The Labute approximate surface area is 57.2 Å². The summed E-state index contributed by atoms with van der Waals surface area (Å²) in [6.07, 6.45) is 0.245. The summed E-state index contributed by atoms with van der Waals surface area (Å²) >= 11 is 0. The van der Waals surface area contributed by atoms with Gasteiger partial charge in [-0.15, -0.1) is 0 Å². The molecule has 2 heteroatoms. The second kappa shape index (κ2) is 6.05. The minimum Gasteiger partial charge on any atom is -0.379 e. The fourth-order valence-electron chi connectivity index (χ4n) is 0.616. The van der Waals surface area contributed by atoms with Gasteiger partial charge in [0.05, 0.1) is 12.7 Å². The van der Waals surface area contributed by atoms with Gasteiger partial charge in [-0.3, -0.25) is 0 Å². The molecule has 0 N–H and O–H groups in total. The Bertz CT molecular complexity index is 54.9. The Morgan fingerprint density at radius 3 is 2.33 bits per heavy atom. The minimum absolute atomic E-state index is 0.245. The molecule has 9 heavy (non-hydrogen) atoms. The predicted molar refractivity (Wildman–Crippen MR) is 37.6 cm³/mol. The first-order chi connectivity index (χ1) is 4.31. The molecule has 0 saturated carbocycles. The zero-order valence-electron chi connectivity index (χ0n) is 6.52. The average Bonchev–Trinajstić information content (AvgIpc) is 1.85. The molecule has 1 unspecified atom stereocenters. The van der Waals surface area contributed by atoms with Gasteiger partial charge in [-0.1, -0.05) is 0 Å². The van der Waals surface area contributed by atoms with Crippen LogP contribution in [0.15, 0.2) is 0 Å². The van der Waals surface area contributed by atoms with Crippen molar-refractivity contribution in [2.24, 2.45) is 0 Å². The van der Waals surface area contributed by atoms with Crippen LogP contribution in [0, 0.1) is 0 Å². The van der Waals surface area contributed by atoms with Crippen molar-refractivity contribution in [2.45, 2.75) is 26.9 Å². The van der Waals surface area contributed by atoms with Crippen molar-refractivity contribution < 1.29 is 9.47 Å². The molecule has 2 nitrogen and oxygen atoms in total. The highest BCUT2D eigenvalue weighted by atomic mass is 16.5. The first kappa shape index (κ1) is 8.92. The molecular weight excluding hydrogens is 116 g/mol. The van der Waals surface area contributed by atoms with Gasteiger partial charge in [-0.05, 0) is 20.8 Å². The smallest absolute Gasteiger partial charge is 0.0780 e. The lowest BCUT2D eigenvalue weighted by molar-refractivity contribution is 0.00215. The summed E-state index contributed by atoms with van der Waals surface area (Å²) < 4.78 is 10.3. The lowest BCUT2D eigenvalue weighted by Crippen LogP contribution is -2.15. The van der Waals surface area contributed by atoms with Crippen LogP contribution in [0.4, 0.5) is 0 Å². The monoisotopic (exact) mass is 132 g/mol. The van der Waals surface area contributed by atoms with Crippen molar-refractivity contribution >= 4 is 0 Å². The van der Waals surface area contributed by atoms with Crippen LogP contribution < -0.4 is 0 Å². The van der Waals surface area contributed by atoms with Gasteiger partial charge in [-0.25, -0.2) is 0 Å². The van der Waals surface area contributed by atoms with Gasteiger partial charge in [0, 0.05) is 13.2 Å². The summed E-state index contributed by atoms with van der Waals surface area (Å²) in [5.74, 6) is 0. The van der Waals surface area contributed by atoms with Crippen LogP contribution in [0.5, 0.6) is 0 Å². The van der Waals surface area contributed by atoms with Crippen LogP contribution in [-0.2, 0) is 9.47 Å². The zero-order valence-corrected chi connectivity index (χ0v) is 6.52. The van der Waals surface area contributed by atoms with Gasteiger partial charge in [0.2, 0.25) is 0 Å². The summed E-state index contributed by atoms with van der Waals surface area (Å²) in [7, 11) is 0. The summed E-state index contributed by atoms with van der Waals surface area (Å²) in [5.41, 5.74) is 0. The number of hydrogen-bond donors (Lipinski definition) is 0. The molecule has 1 atom stereocenters. The van der Waals surface area contributed by atoms with E-state index in [1.165, 1.54) is 0 Å². The molecule has 0 aromatic rings. The van der Waals surface area contributed by atoms with E-state index in [1.807, 2.05) is 20.8 Å². The predicted octanol–water partition coefficient (Wildman–Crippen LogP) is 1.45. The maximum absolute atomic E-state index is 5.22. The van der Waals surface area contributed by atoms with Gasteiger partial charge in [0.25, 0.3) is 0 Å². The number of hydrogen-bond acceptors (Lipinski definition) is 2. The molecule has 0 aliphatic carbocycles. The molecule has 56 valence electrons. The molecule has 0 aliphatic rings. The third-order valence-electron chi connectivity index (χ3n) is 1.01. The fraction of sp³-hybridized carbons (Fsp3) is 1.00. The Morgan fingerprint density at radius 1 is 1.22 bits per heavy atom. The van der Waals surface area contributed by atoms with E-state index in [1.54, 1.807) is 0 Å². The molecular formula is C7H16O2. The van der Waals surface area contributed by atoms with E-state index in [9.17, 15) is 0 Å². The molecule has 0 bridgehead atoms. The molecule has 0 radical (unpaired) electrons. The van der Waals surface area contributed by atoms with E-state index in [-0.39, 0.29) is 6.10 Å². The first-order valence-electron chi connectivity index (χ1n) is 3.50. The van der Waals surface area contributed by atoms with Crippen molar-refractivity contribution in [1.29, 1.82) is 0 Å². The molecule has 0 aromatic carbocycles. The highest BCUT2D eigenvalue weighted by Crippen LogP contribution is 1.90. The Balaban J connectivity index is 2.95. The highest BCUT2D eigenvalue weighted by Gasteiger charge is 1.97. The van der Waals surface area contributed by atoms with Crippen LogP contribution in [0.2, 0.25) is 0 Å². The minimum atomic E-state index is 0.245. The van der Waals surface area contributed by atoms with Crippen molar-refractivity contribution in [3.63, 3.8) is 0 Å². The zero-order chi connectivity index (χ0) is 7.11. The van der Waals surface area contributed by atoms with Crippen molar-refractivity contribution in [3.8, 4) is 0 Å². The molecule has 0 aromatic heterocycles. The molecule has 0 amide bonds. The van der Waals surface area contributed by atoms with Crippen molar-refractivity contribution in [3.05, 3.63) is 0 Å². The summed E-state index contributed by atoms with van der Waals surface area (Å²) in [6, 6.07) is 0. The van der Waals surface area contributed by atoms with Crippen LogP contribution in [0.25, 0.3) is 0 Å². The van der Waals surface area contributed by atoms with Crippen LogP contribution in [0.1, 0.15) is 20.8 Å². The summed E-state index contributed by atoms with van der Waals surface area (Å²) in [6.45, 7) is 8.25. The molecule has 0 aliphatic heterocycles. The van der Waals surface area contributed by atoms with Crippen LogP contribution in [0.3, 0.4) is 0 Å². The van der Waals surface area contributed by atoms with E-state index in [0.29, 0.717) is 6.61 Å². The van der Waals surface area contributed by atoms with E-state index < -0.39 is 0 Å². The van der Waals surface area contributed by atoms with Crippen molar-refractivity contribution in [2.75, 3.05) is 19.8 Å². The Kier molecular flexibility index (Phi) is 5.99. The molecule has 0 saturated heterocycles. The van der Waals surface area contributed by atoms with E-state index >= 15 is 0 Å². The number of rotatable bonds is 5. The highest BCUT2D eigenvalue weighted by molar-refractivity contribution is 4.44. The van der Waals surface area contributed by atoms with E-state index in [2.05, 4.69) is 0 Å². The summed E-state index contributed by atoms with van der Waals surface area (Å²) in [5, 5.41) is 0. The second-order valence-electron chi connectivity index (χ2n) is 1.93. The van der Waals surface area contributed by atoms with Gasteiger partial charge in [-0.2, -0.15) is 0 Å². The van der Waals surface area contributed by atoms with Crippen molar-refractivity contribution in [1.82, 2.24) is 0 Å². The Hall–Kier alpha value is -0.0800. The van der Waals surface area contributed by atoms with Gasteiger partial charge in [0.1, 0.15) is 0 Å². The normalized spacial score (nSPS) is 13.7. The SMILES string of the molecule is CCOCC(C)OCC. The van der Waals surface area contributed by atoms with Gasteiger partial charge in [0.15, 0.2) is 0 Å². The molecule has 0 heterocycles. The topological polar surface area (TPSA) is 18.5 Å². The standard InChI is InChI=1S/C7H16O2/c1-4-8-6-7(3)9-5-2/h7H,4-6H2,1-3H3. The lowest BCUT2D eigenvalue weighted by Gasteiger charge is -2.09. The third-order valence-corrected chi connectivity index (χ3v) is 1.01. The van der Waals surface area contributed by atoms with Gasteiger partial charge < -0.3 is 9.47 Å². The fourth-order valence-corrected chi connectivity index (χ4v) is 0.616. The van der Waals surface area contributed by atoms with E-state index in [4.69, 9.17) is 9.47 Å². The maximum atomic E-state index is 5.22. The molecule has 0 fully saturated rings.